The molecule has 33 heavy (non-hydrogen) atoms. The number of carbonyl (C=O) groups is 1. The van der Waals surface area contributed by atoms with E-state index in [2.05, 4.69) is 32.3 Å². The van der Waals surface area contributed by atoms with E-state index in [1.54, 1.807) is 28.5 Å². The molecule has 0 aliphatic carbocycles. The van der Waals surface area contributed by atoms with Crippen molar-refractivity contribution in [2.45, 2.75) is 20.3 Å². The van der Waals surface area contributed by atoms with E-state index in [9.17, 15) is 4.79 Å². The average Bonchev–Trinajstić information content (AvgIpc) is 3.30. The van der Waals surface area contributed by atoms with E-state index in [4.69, 9.17) is 4.74 Å². The van der Waals surface area contributed by atoms with Gasteiger partial charge in [-0.3, -0.25) is 9.48 Å². The molecule has 8 nitrogen and oxygen atoms in total. The Morgan fingerprint density at radius 1 is 1.18 bits per heavy atom. The molecule has 0 spiro atoms. The number of Topliss-reactive ketones (excluding diaryl/α,β-unsaturated/α-hetero) is 1. The summed E-state index contributed by atoms with van der Waals surface area (Å²) in [5, 5.41) is 12.0. The lowest BCUT2D eigenvalue weighted by Crippen LogP contribution is -2.40. The van der Waals surface area contributed by atoms with Gasteiger partial charge in [0.2, 0.25) is 5.88 Å². The Kier molecular flexibility index (Phi) is 5.40. The first-order valence-corrected chi connectivity index (χ1v) is 10.8. The fourth-order valence-electron chi connectivity index (χ4n) is 3.70. The first kappa shape index (κ1) is 20.9. The zero-order valence-electron chi connectivity index (χ0n) is 18.8. The van der Waals surface area contributed by atoms with Crippen LogP contribution in [0.4, 0.5) is 0 Å². The number of hydrogen-bond donors (Lipinski definition) is 1. The summed E-state index contributed by atoms with van der Waals surface area (Å²) >= 11 is 0. The molecule has 1 fully saturated rings. The van der Waals surface area contributed by atoms with Crippen molar-refractivity contribution in [1.82, 2.24) is 29.7 Å². The molecule has 4 heterocycles. The summed E-state index contributed by atoms with van der Waals surface area (Å²) in [6.45, 7) is 5.73. The van der Waals surface area contributed by atoms with Gasteiger partial charge in [-0.1, -0.05) is 12.0 Å². The van der Waals surface area contributed by atoms with E-state index in [1.165, 1.54) is 0 Å². The van der Waals surface area contributed by atoms with Crippen LogP contribution in [0.5, 0.6) is 11.6 Å². The average molecular weight is 441 g/mol. The standard InChI is InChI=1S/C25H24N6O2/c1-16-4-7-21(11-19(16)12-23(32)22-10-17(2)28-30(22)3)33-25-9-8-24-27-20(15-31(24)29-25)6-5-18-13-26-14-18/h4,7-11,15,18,26H,12-14H2,1-3H3. The molecule has 4 aromatic rings. The Hall–Kier alpha value is -3.96. The Bertz CT molecular complexity index is 1420. The summed E-state index contributed by atoms with van der Waals surface area (Å²) in [5.74, 6) is 7.80. The number of fused-ring (bicyclic) bond motifs is 1. The first-order valence-electron chi connectivity index (χ1n) is 10.8. The highest BCUT2D eigenvalue weighted by molar-refractivity contribution is 5.96. The molecule has 166 valence electrons. The number of imidazole rings is 1. The smallest absolute Gasteiger partial charge is 0.237 e. The van der Waals surface area contributed by atoms with Crippen LogP contribution >= 0.6 is 0 Å². The van der Waals surface area contributed by atoms with Gasteiger partial charge in [-0.2, -0.15) is 5.10 Å². The van der Waals surface area contributed by atoms with Crippen molar-refractivity contribution in [3.8, 4) is 23.5 Å². The van der Waals surface area contributed by atoms with E-state index < -0.39 is 0 Å². The maximum absolute atomic E-state index is 12.8. The molecule has 1 N–H and O–H groups in total. The highest BCUT2D eigenvalue weighted by atomic mass is 16.5. The van der Waals surface area contributed by atoms with Gasteiger partial charge >= 0.3 is 0 Å². The molecule has 3 aromatic heterocycles. The van der Waals surface area contributed by atoms with Crippen LogP contribution in [0.15, 0.2) is 42.6 Å². The third-order valence-electron chi connectivity index (χ3n) is 5.66. The van der Waals surface area contributed by atoms with Crippen molar-refractivity contribution in [3.63, 3.8) is 0 Å². The number of ketones is 1. The summed E-state index contributed by atoms with van der Waals surface area (Å²) in [6.07, 6.45) is 2.07. The highest BCUT2D eigenvalue weighted by Crippen LogP contribution is 2.24. The van der Waals surface area contributed by atoms with Crippen molar-refractivity contribution in [1.29, 1.82) is 0 Å². The number of rotatable bonds is 5. The van der Waals surface area contributed by atoms with Crippen molar-refractivity contribution in [2.75, 3.05) is 13.1 Å². The zero-order chi connectivity index (χ0) is 22.9. The van der Waals surface area contributed by atoms with Gasteiger partial charge in [-0.15, -0.1) is 5.10 Å². The predicted octanol–water partition coefficient (Wildman–Crippen LogP) is 2.87. The first-order chi connectivity index (χ1) is 15.9. The fourth-order valence-corrected chi connectivity index (χ4v) is 3.70. The van der Waals surface area contributed by atoms with Gasteiger partial charge in [0.1, 0.15) is 17.1 Å². The summed E-state index contributed by atoms with van der Waals surface area (Å²) in [4.78, 5) is 17.3. The van der Waals surface area contributed by atoms with Gasteiger partial charge < -0.3 is 10.1 Å². The molecule has 0 saturated carbocycles. The number of benzene rings is 1. The van der Waals surface area contributed by atoms with Gasteiger partial charge in [-0.05, 0) is 55.2 Å². The quantitative estimate of drug-likeness (QED) is 0.379. The predicted molar refractivity (Wildman–Crippen MR) is 123 cm³/mol. The normalized spacial score (nSPS) is 13.4. The molecule has 0 amide bonds. The summed E-state index contributed by atoms with van der Waals surface area (Å²) < 4.78 is 9.29. The van der Waals surface area contributed by atoms with Gasteiger partial charge in [0, 0.05) is 38.5 Å². The number of aryl methyl sites for hydroxylation is 3. The van der Waals surface area contributed by atoms with Crippen LogP contribution in [0.2, 0.25) is 0 Å². The minimum atomic E-state index is 0.0163. The Labute approximate surface area is 191 Å². The second-order valence-electron chi connectivity index (χ2n) is 8.31. The van der Waals surface area contributed by atoms with Gasteiger partial charge in [0.05, 0.1) is 11.9 Å². The van der Waals surface area contributed by atoms with E-state index in [0.717, 1.165) is 29.9 Å². The summed E-state index contributed by atoms with van der Waals surface area (Å²) in [5.41, 5.74) is 4.75. The molecule has 0 radical (unpaired) electrons. The van der Waals surface area contributed by atoms with Crippen molar-refractivity contribution in [2.24, 2.45) is 13.0 Å². The second kappa shape index (κ2) is 8.52. The molecule has 8 heteroatoms. The molecule has 0 bridgehead atoms. The SMILES string of the molecule is Cc1cc(C(=O)Cc2cc(Oc3ccc4nc(C#CC5CNC5)cn4n3)ccc2C)n(C)n1. The summed E-state index contributed by atoms with van der Waals surface area (Å²) in [6, 6.07) is 11.1. The topological polar surface area (TPSA) is 86.3 Å². The van der Waals surface area contributed by atoms with Crippen molar-refractivity contribution in [3.05, 3.63) is 70.8 Å². The van der Waals surface area contributed by atoms with Crippen molar-refractivity contribution < 1.29 is 9.53 Å². The lowest BCUT2D eigenvalue weighted by atomic mass is 10.0. The number of nitrogens with zero attached hydrogens (tertiary/aromatic N) is 5. The van der Waals surface area contributed by atoms with Crippen LogP contribution < -0.4 is 10.1 Å². The maximum Gasteiger partial charge on any atom is 0.237 e. The fraction of sp³-hybridized carbons (Fsp3) is 0.280. The van der Waals surface area contributed by atoms with E-state index in [0.29, 0.717) is 34.6 Å². The van der Waals surface area contributed by atoms with Gasteiger partial charge in [0.15, 0.2) is 11.4 Å². The highest BCUT2D eigenvalue weighted by Gasteiger charge is 2.15. The third kappa shape index (κ3) is 4.49. The van der Waals surface area contributed by atoms with Crippen LogP contribution in [0.1, 0.15) is 33.0 Å². The largest absolute Gasteiger partial charge is 0.438 e. The second-order valence-corrected chi connectivity index (χ2v) is 8.31. The van der Waals surface area contributed by atoms with Crippen LogP contribution in [-0.4, -0.2) is 43.3 Å². The molecule has 1 aliphatic heterocycles. The third-order valence-corrected chi connectivity index (χ3v) is 5.66. The van der Waals surface area contributed by atoms with Crippen LogP contribution in [0.25, 0.3) is 5.65 Å². The summed E-state index contributed by atoms with van der Waals surface area (Å²) in [7, 11) is 1.78. The molecular weight excluding hydrogens is 416 g/mol. The van der Waals surface area contributed by atoms with Crippen molar-refractivity contribution >= 4 is 11.4 Å². The molecule has 5 rings (SSSR count). The molecule has 1 saturated heterocycles. The Morgan fingerprint density at radius 3 is 2.76 bits per heavy atom. The van der Waals surface area contributed by atoms with Gasteiger partial charge in [-0.25, -0.2) is 9.50 Å². The monoisotopic (exact) mass is 440 g/mol. The van der Waals surface area contributed by atoms with Crippen LogP contribution in [-0.2, 0) is 13.5 Å². The van der Waals surface area contributed by atoms with Crippen LogP contribution in [0, 0.1) is 31.6 Å². The molecule has 0 atom stereocenters. The van der Waals surface area contributed by atoms with Crippen LogP contribution in [0.3, 0.4) is 0 Å². The maximum atomic E-state index is 12.8. The zero-order valence-corrected chi connectivity index (χ0v) is 18.8. The number of aromatic nitrogens is 5. The van der Waals surface area contributed by atoms with E-state index in [1.807, 2.05) is 44.2 Å². The Balaban J connectivity index is 1.33. The lowest BCUT2D eigenvalue weighted by Gasteiger charge is -2.20. The number of ether oxygens (including phenoxy) is 1. The number of nitrogens with one attached hydrogen (secondary N) is 1. The van der Waals surface area contributed by atoms with Gasteiger partial charge in [0.25, 0.3) is 0 Å². The molecule has 1 aliphatic rings. The molecule has 0 unspecified atom stereocenters. The molecule has 1 aromatic carbocycles. The minimum Gasteiger partial charge on any atom is -0.438 e. The number of carbonyl (C=O) groups excluding carboxylic acids is 1. The Morgan fingerprint density at radius 2 is 2.03 bits per heavy atom. The van der Waals surface area contributed by atoms with E-state index in [-0.39, 0.29) is 12.2 Å². The molecular formula is C25H24N6O2. The van der Waals surface area contributed by atoms with E-state index >= 15 is 0 Å². The minimum absolute atomic E-state index is 0.0163. The lowest BCUT2D eigenvalue weighted by molar-refractivity contribution is 0.0983. The number of hydrogen-bond acceptors (Lipinski definition) is 6.